The van der Waals surface area contributed by atoms with Gasteiger partial charge in [0.2, 0.25) is 5.91 Å². The van der Waals surface area contributed by atoms with E-state index in [1.807, 2.05) is 31.2 Å². The van der Waals surface area contributed by atoms with E-state index in [1.165, 1.54) is 24.3 Å². The molecule has 0 aromatic heterocycles. The minimum absolute atomic E-state index is 0.0425. The molecule has 4 nitrogen and oxygen atoms in total. The lowest BCUT2D eigenvalue weighted by molar-refractivity contribution is -0.116. The topological polar surface area (TPSA) is 47.6 Å². The second-order valence-corrected chi connectivity index (χ2v) is 4.82. The van der Waals surface area contributed by atoms with Crippen LogP contribution in [0.1, 0.15) is 12.0 Å². The molecule has 0 saturated carbocycles. The molecule has 0 aliphatic heterocycles. The molecule has 0 radical (unpaired) electrons. The number of rotatable bonds is 7. The Kier molecular flexibility index (Phi) is 5.91. The minimum Gasteiger partial charge on any atom is -0.493 e. The Morgan fingerprint density at radius 3 is 2.48 bits per heavy atom. The van der Waals surface area contributed by atoms with Gasteiger partial charge in [0, 0.05) is 5.69 Å². The zero-order valence-corrected chi connectivity index (χ0v) is 12.6. The third kappa shape index (κ3) is 5.58. The molecule has 0 spiro atoms. The van der Waals surface area contributed by atoms with Crippen molar-refractivity contribution >= 4 is 11.6 Å². The van der Waals surface area contributed by atoms with Gasteiger partial charge in [0.25, 0.3) is 0 Å². The monoisotopic (exact) mass is 321 g/mol. The third-order valence-corrected chi connectivity index (χ3v) is 3.04. The summed E-state index contributed by atoms with van der Waals surface area (Å²) in [4.78, 5) is 11.8. The van der Waals surface area contributed by atoms with Gasteiger partial charge in [-0.3, -0.25) is 4.79 Å². The van der Waals surface area contributed by atoms with Crippen LogP contribution in [0.4, 0.5) is 14.5 Å². The number of benzene rings is 2. The Morgan fingerprint density at radius 2 is 1.83 bits per heavy atom. The van der Waals surface area contributed by atoms with Crippen LogP contribution in [0, 0.1) is 6.92 Å². The molecular formula is C17H17F2NO3. The molecule has 0 unspecified atom stereocenters. The van der Waals surface area contributed by atoms with Crippen molar-refractivity contribution in [2.45, 2.75) is 20.0 Å². The molecule has 0 fully saturated rings. The Labute approximate surface area is 133 Å². The number of alkyl halides is 2. The number of carbonyl (C=O) groups is 1. The largest absolute Gasteiger partial charge is 0.493 e. The quantitative estimate of drug-likeness (QED) is 0.838. The fourth-order valence-corrected chi connectivity index (χ4v) is 1.92. The summed E-state index contributed by atoms with van der Waals surface area (Å²) in [6.07, 6.45) is 0.184. The summed E-state index contributed by atoms with van der Waals surface area (Å²) in [6.45, 7) is -0.684. The lowest BCUT2D eigenvalue weighted by Crippen LogP contribution is -2.15. The molecule has 0 aliphatic rings. The van der Waals surface area contributed by atoms with Gasteiger partial charge in [0.1, 0.15) is 11.5 Å². The number of para-hydroxylation sites is 1. The second-order valence-electron chi connectivity index (χ2n) is 4.82. The summed E-state index contributed by atoms with van der Waals surface area (Å²) in [5.74, 6) is 0.566. The molecule has 0 bridgehead atoms. The van der Waals surface area contributed by atoms with Gasteiger partial charge >= 0.3 is 6.61 Å². The van der Waals surface area contributed by atoms with Gasteiger partial charge in [-0.15, -0.1) is 0 Å². The van der Waals surface area contributed by atoms with Crippen molar-refractivity contribution in [2.24, 2.45) is 0 Å². The lowest BCUT2D eigenvalue weighted by atomic mass is 10.2. The highest BCUT2D eigenvalue weighted by molar-refractivity contribution is 5.90. The van der Waals surface area contributed by atoms with E-state index in [1.54, 1.807) is 0 Å². The summed E-state index contributed by atoms with van der Waals surface area (Å²) in [5, 5.41) is 2.66. The van der Waals surface area contributed by atoms with E-state index in [0.717, 1.165) is 11.3 Å². The number of hydrogen-bond acceptors (Lipinski definition) is 3. The fourth-order valence-electron chi connectivity index (χ4n) is 1.92. The summed E-state index contributed by atoms with van der Waals surface area (Å²) < 4.78 is 33.8. The Balaban J connectivity index is 1.77. The molecule has 2 aromatic carbocycles. The Morgan fingerprint density at radius 1 is 1.13 bits per heavy atom. The highest BCUT2D eigenvalue weighted by Crippen LogP contribution is 2.18. The summed E-state index contributed by atoms with van der Waals surface area (Å²) in [7, 11) is 0. The second kappa shape index (κ2) is 8.12. The molecule has 0 saturated heterocycles. The Hall–Kier alpha value is -2.63. The van der Waals surface area contributed by atoms with Gasteiger partial charge in [-0.25, -0.2) is 0 Å². The highest BCUT2D eigenvalue weighted by atomic mass is 19.3. The first-order valence-electron chi connectivity index (χ1n) is 7.08. The van der Waals surface area contributed by atoms with Crippen LogP contribution in [0.5, 0.6) is 11.5 Å². The first-order valence-corrected chi connectivity index (χ1v) is 7.08. The number of halogens is 2. The molecular weight excluding hydrogens is 304 g/mol. The molecule has 1 N–H and O–H groups in total. The van der Waals surface area contributed by atoms with Gasteiger partial charge in [-0.2, -0.15) is 8.78 Å². The maximum absolute atomic E-state index is 12.0. The van der Waals surface area contributed by atoms with Crippen LogP contribution in [-0.4, -0.2) is 19.1 Å². The van der Waals surface area contributed by atoms with Gasteiger partial charge in [0.05, 0.1) is 13.0 Å². The summed E-state index contributed by atoms with van der Waals surface area (Å²) in [5.41, 5.74) is 1.51. The normalized spacial score (nSPS) is 10.4. The molecule has 0 aliphatic carbocycles. The minimum atomic E-state index is -2.87. The van der Waals surface area contributed by atoms with Crippen LogP contribution < -0.4 is 14.8 Å². The number of hydrogen-bond donors (Lipinski definition) is 1. The van der Waals surface area contributed by atoms with Gasteiger partial charge in [-0.05, 0) is 42.8 Å². The number of ether oxygens (including phenoxy) is 2. The molecule has 0 atom stereocenters. The zero-order chi connectivity index (χ0) is 16.7. The van der Waals surface area contributed by atoms with Crippen LogP contribution >= 0.6 is 0 Å². The average Bonchev–Trinajstić information content (AvgIpc) is 2.51. The van der Waals surface area contributed by atoms with Gasteiger partial charge in [-0.1, -0.05) is 18.2 Å². The van der Waals surface area contributed by atoms with Crippen molar-refractivity contribution in [3.8, 4) is 11.5 Å². The van der Waals surface area contributed by atoms with Crippen LogP contribution in [0.3, 0.4) is 0 Å². The van der Waals surface area contributed by atoms with E-state index in [9.17, 15) is 13.6 Å². The van der Waals surface area contributed by atoms with E-state index < -0.39 is 6.61 Å². The van der Waals surface area contributed by atoms with E-state index in [2.05, 4.69) is 10.1 Å². The van der Waals surface area contributed by atoms with E-state index in [-0.39, 0.29) is 24.7 Å². The lowest BCUT2D eigenvalue weighted by Gasteiger charge is -2.10. The van der Waals surface area contributed by atoms with Crippen molar-refractivity contribution in [3.05, 3.63) is 54.1 Å². The average molecular weight is 321 g/mol. The van der Waals surface area contributed by atoms with Crippen LogP contribution in [0.25, 0.3) is 0 Å². The maximum Gasteiger partial charge on any atom is 0.387 e. The van der Waals surface area contributed by atoms with Crippen LogP contribution in [0.2, 0.25) is 0 Å². The van der Waals surface area contributed by atoms with Crippen molar-refractivity contribution < 1.29 is 23.0 Å². The van der Waals surface area contributed by atoms with Crippen LogP contribution in [-0.2, 0) is 4.79 Å². The number of anilines is 1. The molecule has 23 heavy (non-hydrogen) atoms. The molecule has 0 heterocycles. The van der Waals surface area contributed by atoms with Crippen LogP contribution in [0.15, 0.2) is 48.5 Å². The number of aryl methyl sites for hydroxylation is 1. The molecule has 1 amide bonds. The van der Waals surface area contributed by atoms with Gasteiger partial charge in [0.15, 0.2) is 0 Å². The standard InChI is InChI=1S/C17H17F2NO3/c1-12-4-2-3-5-15(12)22-11-10-16(21)20-13-6-8-14(9-7-13)23-17(18)19/h2-9,17H,10-11H2,1H3,(H,20,21). The van der Waals surface area contributed by atoms with Crippen molar-refractivity contribution in [3.63, 3.8) is 0 Å². The Bertz CT molecular complexity index is 645. The SMILES string of the molecule is Cc1ccccc1OCCC(=O)Nc1ccc(OC(F)F)cc1. The third-order valence-electron chi connectivity index (χ3n) is 3.04. The smallest absolute Gasteiger partial charge is 0.387 e. The number of amides is 1. The predicted octanol–water partition coefficient (Wildman–Crippen LogP) is 4.00. The summed E-state index contributed by atoms with van der Waals surface area (Å²) >= 11 is 0. The first-order chi connectivity index (χ1) is 11.0. The van der Waals surface area contributed by atoms with Crippen molar-refractivity contribution in [2.75, 3.05) is 11.9 Å². The number of nitrogens with one attached hydrogen (secondary N) is 1. The zero-order valence-electron chi connectivity index (χ0n) is 12.6. The summed E-state index contributed by atoms with van der Waals surface area (Å²) in [6, 6.07) is 13.3. The van der Waals surface area contributed by atoms with Crippen molar-refractivity contribution in [1.29, 1.82) is 0 Å². The van der Waals surface area contributed by atoms with Crippen molar-refractivity contribution in [1.82, 2.24) is 0 Å². The van der Waals surface area contributed by atoms with E-state index in [4.69, 9.17) is 4.74 Å². The predicted molar refractivity (Wildman–Crippen MR) is 83.0 cm³/mol. The van der Waals surface area contributed by atoms with E-state index >= 15 is 0 Å². The van der Waals surface area contributed by atoms with Gasteiger partial charge < -0.3 is 14.8 Å². The first kappa shape index (κ1) is 16.7. The number of carbonyl (C=O) groups excluding carboxylic acids is 1. The maximum atomic E-state index is 12.0. The molecule has 122 valence electrons. The molecule has 2 aromatic rings. The molecule has 2 rings (SSSR count). The van der Waals surface area contributed by atoms with E-state index in [0.29, 0.717) is 5.69 Å². The highest BCUT2D eigenvalue weighted by Gasteiger charge is 2.06. The molecule has 6 heteroatoms. The fraction of sp³-hybridized carbons (Fsp3) is 0.235.